The molecule has 0 radical (unpaired) electrons. The number of nitrogens with zero attached hydrogens (tertiary/aromatic N) is 1. The van der Waals surface area contributed by atoms with Gasteiger partial charge < -0.3 is 4.74 Å². The van der Waals surface area contributed by atoms with E-state index in [1.165, 1.54) is 11.8 Å². The third-order valence-electron chi connectivity index (χ3n) is 3.45. The molecule has 1 N–H and O–H groups in total. The van der Waals surface area contributed by atoms with Gasteiger partial charge in [0.1, 0.15) is 5.75 Å². The molecule has 0 atom stereocenters. The monoisotopic (exact) mass is 378 g/mol. The maximum absolute atomic E-state index is 11.8. The molecule has 0 aliphatic rings. The van der Waals surface area contributed by atoms with Gasteiger partial charge in [-0.1, -0.05) is 62.2 Å². The first kappa shape index (κ1) is 19.3. The number of halogens is 2. The summed E-state index contributed by atoms with van der Waals surface area (Å²) < 4.78 is 5.45. The number of nitrogens with one attached hydrogen (secondary N) is 1. The minimum atomic E-state index is -0.360. The van der Waals surface area contributed by atoms with Gasteiger partial charge in [-0.3, -0.25) is 4.79 Å². The molecule has 0 heterocycles. The summed E-state index contributed by atoms with van der Waals surface area (Å²) >= 11 is 11.8. The van der Waals surface area contributed by atoms with Crippen molar-refractivity contribution in [1.29, 1.82) is 0 Å². The third-order valence-corrected chi connectivity index (χ3v) is 4.01. The zero-order chi connectivity index (χ0) is 18.4. The van der Waals surface area contributed by atoms with E-state index < -0.39 is 0 Å². The molecule has 0 aliphatic heterocycles. The lowest BCUT2D eigenvalue weighted by Gasteiger charge is -2.19. The maximum atomic E-state index is 11.8. The van der Waals surface area contributed by atoms with Crippen LogP contribution in [0.5, 0.6) is 5.75 Å². The van der Waals surface area contributed by atoms with Crippen molar-refractivity contribution < 1.29 is 9.53 Å². The predicted octanol–water partition coefficient (Wildman–Crippen LogP) is 4.82. The molecule has 0 aromatic heterocycles. The van der Waals surface area contributed by atoms with Crippen molar-refractivity contribution in [2.24, 2.45) is 5.10 Å². The first-order chi connectivity index (χ1) is 11.8. The minimum absolute atomic E-state index is 0.0769. The van der Waals surface area contributed by atoms with E-state index >= 15 is 0 Å². The van der Waals surface area contributed by atoms with Crippen LogP contribution in [-0.4, -0.2) is 18.7 Å². The summed E-state index contributed by atoms with van der Waals surface area (Å²) in [5.74, 6) is 0.272. The fraction of sp³-hybridized carbons (Fsp3) is 0.263. The maximum Gasteiger partial charge on any atom is 0.277 e. The van der Waals surface area contributed by atoms with Gasteiger partial charge in [0.15, 0.2) is 6.61 Å². The Morgan fingerprint density at radius 2 is 1.84 bits per heavy atom. The van der Waals surface area contributed by atoms with E-state index in [0.29, 0.717) is 21.4 Å². The highest BCUT2D eigenvalue weighted by atomic mass is 35.5. The molecule has 6 heteroatoms. The summed E-state index contributed by atoms with van der Waals surface area (Å²) in [5.41, 5.74) is 4.33. The molecule has 1 amide bonds. The van der Waals surface area contributed by atoms with Crippen LogP contribution in [0.4, 0.5) is 0 Å². The Bertz CT molecular complexity index is 766. The molecule has 0 aliphatic carbocycles. The van der Waals surface area contributed by atoms with Gasteiger partial charge in [0.2, 0.25) is 0 Å². The van der Waals surface area contributed by atoms with Crippen LogP contribution < -0.4 is 10.2 Å². The Morgan fingerprint density at radius 3 is 2.44 bits per heavy atom. The number of hydrogen-bond donors (Lipinski definition) is 1. The molecule has 132 valence electrons. The molecule has 2 aromatic rings. The number of ether oxygens (including phenoxy) is 1. The number of hydrogen-bond acceptors (Lipinski definition) is 3. The highest BCUT2D eigenvalue weighted by Gasteiger charge is 2.13. The van der Waals surface area contributed by atoms with Gasteiger partial charge in [0.05, 0.1) is 11.2 Å². The summed E-state index contributed by atoms with van der Waals surface area (Å²) in [6.07, 6.45) is 1.45. The Morgan fingerprint density at radius 1 is 1.16 bits per heavy atom. The molecule has 0 saturated carbocycles. The lowest BCUT2D eigenvalue weighted by Crippen LogP contribution is -2.24. The van der Waals surface area contributed by atoms with Crippen LogP contribution in [0.3, 0.4) is 0 Å². The second kappa shape index (κ2) is 8.37. The molecule has 0 spiro atoms. The number of carbonyl (C=O) groups is 1. The molecule has 2 rings (SSSR count). The SMILES string of the molecule is CC(C)(C)c1ccc(OCC(=O)N/N=C\c2ccc(Cl)cc2Cl)cc1. The van der Waals surface area contributed by atoms with Crippen LogP contribution in [0.15, 0.2) is 47.6 Å². The van der Waals surface area contributed by atoms with E-state index in [4.69, 9.17) is 27.9 Å². The van der Waals surface area contributed by atoms with E-state index in [9.17, 15) is 4.79 Å². The standard InChI is InChI=1S/C19H20Cl2N2O2/c1-19(2,3)14-5-8-16(9-6-14)25-12-18(24)23-22-11-13-4-7-15(20)10-17(13)21/h4-11H,12H2,1-3H3,(H,23,24)/b22-11-. The highest BCUT2D eigenvalue weighted by Crippen LogP contribution is 2.24. The van der Waals surface area contributed by atoms with Crippen molar-refractivity contribution in [2.45, 2.75) is 26.2 Å². The molecular formula is C19H20Cl2N2O2. The molecule has 25 heavy (non-hydrogen) atoms. The summed E-state index contributed by atoms with van der Waals surface area (Å²) in [4.78, 5) is 11.8. The van der Waals surface area contributed by atoms with Gasteiger partial charge in [0.25, 0.3) is 5.91 Å². The van der Waals surface area contributed by atoms with Crippen molar-refractivity contribution >= 4 is 35.3 Å². The van der Waals surface area contributed by atoms with E-state index in [1.807, 2.05) is 24.3 Å². The lowest BCUT2D eigenvalue weighted by atomic mass is 9.87. The quantitative estimate of drug-likeness (QED) is 0.598. The Balaban J connectivity index is 1.83. The summed E-state index contributed by atoms with van der Waals surface area (Å²) in [6, 6.07) is 12.7. The summed E-state index contributed by atoms with van der Waals surface area (Å²) in [7, 11) is 0. The van der Waals surface area contributed by atoms with E-state index in [2.05, 4.69) is 31.3 Å². The number of benzene rings is 2. The molecule has 0 saturated heterocycles. The topological polar surface area (TPSA) is 50.7 Å². The van der Waals surface area contributed by atoms with Crippen LogP contribution in [0, 0.1) is 0 Å². The smallest absolute Gasteiger partial charge is 0.277 e. The predicted molar refractivity (Wildman–Crippen MR) is 103 cm³/mol. The summed E-state index contributed by atoms with van der Waals surface area (Å²) in [6.45, 7) is 6.30. The zero-order valence-electron chi connectivity index (χ0n) is 14.3. The molecule has 0 fully saturated rings. The van der Waals surface area contributed by atoms with Crippen LogP contribution in [0.1, 0.15) is 31.9 Å². The second-order valence-corrected chi connectivity index (χ2v) is 7.37. The van der Waals surface area contributed by atoms with E-state index in [0.717, 1.165) is 0 Å². The first-order valence-electron chi connectivity index (χ1n) is 7.76. The van der Waals surface area contributed by atoms with E-state index in [1.54, 1.807) is 18.2 Å². The zero-order valence-corrected chi connectivity index (χ0v) is 15.9. The Kier molecular flexibility index (Phi) is 6.45. The lowest BCUT2D eigenvalue weighted by molar-refractivity contribution is -0.123. The third kappa shape index (κ3) is 6.07. The van der Waals surface area contributed by atoms with Gasteiger partial charge in [-0.2, -0.15) is 5.10 Å². The Hall–Kier alpha value is -2.04. The van der Waals surface area contributed by atoms with Crippen molar-refractivity contribution in [3.63, 3.8) is 0 Å². The van der Waals surface area contributed by atoms with Crippen LogP contribution in [0.2, 0.25) is 10.0 Å². The minimum Gasteiger partial charge on any atom is -0.484 e. The second-order valence-electron chi connectivity index (χ2n) is 6.52. The number of rotatable bonds is 5. The fourth-order valence-electron chi connectivity index (χ4n) is 2.01. The van der Waals surface area contributed by atoms with Gasteiger partial charge in [-0.25, -0.2) is 5.43 Å². The fourth-order valence-corrected chi connectivity index (χ4v) is 2.47. The summed E-state index contributed by atoms with van der Waals surface area (Å²) in [5, 5.41) is 4.86. The molecule has 2 aromatic carbocycles. The van der Waals surface area contributed by atoms with Gasteiger partial charge in [0, 0.05) is 10.6 Å². The largest absolute Gasteiger partial charge is 0.484 e. The Labute approximate surface area is 157 Å². The molecule has 0 unspecified atom stereocenters. The van der Waals surface area contributed by atoms with Crippen molar-refractivity contribution in [3.8, 4) is 5.75 Å². The molecular weight excluding hydrogens is 359 g/mol. The van der Waals surface area contributed by atoms with Gasteiger partial charge in [-0.15, -0.1) is 0 Å². The average Bonchev–Trinajstić information content (AvgIpc) is 2.54. The normalized spacial score (nSPS) is 11.6. The highest BCUT2D eigenvalue weighted by molar-refractivity contribution is 6.36. The first-order valence-corrected chi connectivity index (χ1v) is 8.51. The van der Waals surface area contributed by atoms with Crippen LogP contribution in [-0.2, 0) is 10.2 Å². The van der Waals surface area contributed by atoms with Crippen LogP contribution >= 0.6 is 23.2 Å². The van der Waals surface area contributed by atoms with E-state index in [-0.39, 0.29) is 17.9 Å². The van der Waals surface area contributed by atoms with Crippen LogP contribution in [0.25, 0.3) is 0 Å². The number of hydrazone groups is 1. The molecule has 0 bridgehead atoms. The van der Waals surface area contributed by atoms with Crippen molar-refractivity contribution in [1.82, 2.24) is 5.43 Å². The van der Waals surface area contributed by atoms with Crippen molar-refractivity contribution in [2.75, 3.05) is 6.61 Å². The average molecular weight is 379 g/mol. The van der Waals surface area contributed by atoms with Gasteiger partial charge in [-0.05, 0) is 35.2 Å². The number of carbonyl (C=O) groups excluding carboxylic acids is 1. The molecule has 4 nitrogen and oxygen atoms in total. The van der Waals surface area contributed by atoms with Crippen molar-refractivity contribution in [3.05, 3.63) is 63.6 Å². The van der Waals surface area contributed by atoms with Gasteiger partial charge >= 0.3 is 0 Å². The number of amides is 1.